The van der Waals surface area contributed by atoms with Crippen molar-refractivity contribution in [2.24, 2.45) is 0 Å². The summed E-state index contributed by atoms with van der Waals surface area (Å²) in [5.74, 6) is 0.637. The van der Waals surface area contributed by atoms with Gasteiger partial charge in [-0.1, -0.05) is 32.0 Å². The molecular weight excluding hydrogens is 170 g/mol. The van der Waals surface area contributed by atoms with Crippen LogP contribution in [0, 0.1) is 0 Å². The molecule has 0 aliphatic heterocycles. The van der Waals surface area contributed by atoms with Gasteiger partial charge in [0.2, 0.25) is 0 Å². The van der Waals surface area contributed by atoms with Gasteiger partial charge in [0.1, 0.15) is 0 Å². The molecule has 0 bridgehead atoms. The molecule has 0 radical (unpaired) electrons. The first kappa shape index (κ1) is 9.72. The van der Waals surface area contributed by atoms with E-state index < -0.39 is 0 Å². The molecule has 1 aromatic rings. The maximum atomic E-state index is 3.39. The topological polar surface area (TPSA) is 12.0 Å². The fourth-order valence-electron chi connectivity index (χ4n) is 2.28. The monoisotopic (exact) mass is 189 g/mol. The van der Waals surface area contributed by atoms with E-state index in [1.165, 1.54) is 29.5 Å². The lowest BCUT2D eigenvalue weighted by Crippen LogP contribution is -2.13. The summed E-state index contributed by atoms with van der Waals surface area (Å²) in [6.07, 6.45) is 2.49. The van der Waals surface area contributed by atoms with Gasteiger partial charge in [-0.15, -0.1) is 0 Å². The maximum Gasteiger partial charge on any atom is 0.0323 e. The number of aryl methyl sites for hydroxylation is 1. The van der Waals surface area contributed by atoms with Crippen LogP contribution < -0.4 is 5.32 Å². The smallest absolute Gasteiger partial charge is 0.0323 e. The number of hydrogen-bond donors (Lipinski definition) is 1. The van der Waals surface area contributed by atoms with Crippen LogP contribution in [0.15, 0.2) is 18.2 Å². The Balaban J connectivity index is 2.37. The second-order valence-electron chi connectivity index (χ2n) is 4.49. The van der Waals surface area contributed by atoms with E-state index in [1.807, 2.05) is 0 Å². The predicted octanol–water partition coefficient (Wildman–Crippen LogP) is 3.02. The predicted molar refractivity (Wildman–Crippen MR) is 60.7 cm³/mol. The minimum atomic E-state index is 0.587. The fraction of sp³-hybridized carbons (Fsp3) is 0.538. The summed E-state index contributed by atoms with van der Waals surface area (Å²) in [6, 6.07) is 7.56. The highest BCUT2D eigenvalue weighted by atomic mass is 14.9. The van der Waals surface area contributed by atoms with Crippen LogP contribution in [0.2, 0.25) is 0 Å². The van der Waals surface area contributed by atoms with E-state index in [0.29, 0.717) is 12.0 Å². The highest BCUT2D eigenvalue weighted by Gasteiger charge is 2.21. The van der Waals surface area contributed by atoms with Crippen LogP contribution in [0.5, 0.6) is 0 Å². The van der Waals surface area contributed by atoms with E-state index in [1.54, 1.807) is 0 Å². The van der Waals surface area contributed by atoms with Gasteiger partial charge in [-0.25, -0.2) is 0 Å². The highest BCUT2D eigenvalue weighted by Crippen LogP contribution is 2.32. The Morgan fingerprint density at radius 2 is 2.14 bits per heavy atom. The van der Waals surface area contributed by atoms with Crippen LogP contribution in [0.3, 0.4) is 0 Å². The Morgan fingerprint density at radius 3 is 2.79 bits per heavy atom. The lowest BCUT2D eigenvalue weighted by Gasteiger charge is -2.13. The van der Waals surface area contributed by atoms with Gasteiger partial charge in [-0.05, 0) is 42.5 Å². The molecule has 1 unspecified atom stereocenters. The normalized spacial score (nSPS) is 20.1. The largest absolute Gasteiger partial charge is 0.313 e. The average molecular weight is 189 g/mol. The molecule has 0 saturated carbocycles. The standard InChI is InChI=1S/C13H19N/c1-9(2)11-5-4-10-6-7-13(14-3)12(10)8-11/h4-5,8-9,13-14H,6-7H2,1-3H3. The number of fused-ring (bicyclic) bond motifs is 1. The van der Waals surface area contributed by atoms with E-state index >= 15 is 0 Å². The first-order chi connectivity index (χ1) is 6.72. The molecule has 1 heteroatoms. The van der Waals surface area contributed by atoms with Crippen molar-refractivity contribution in [2.75, 3.05) is 7.05 Å². The molecule has 0 fully saturated rings. The third-order valence-electron chi connectivity index (χ3n) is 3.26. The molecule has 1 aliphatic rings. The molecule has 0 amide bonds. The maximum absolute atomic E-state index is 3.39. The summed E-state index contributed by atoms with van der Waals surface area (Å²) < 4.78 is 0. The minimum absolute atomic E-state index is 0.587. The second-order valence-corrected chi connectivity index (χ2v) is 4.49. The van der Waals surface area contributed by atoms with Gasteiger partial charge in [0.15, 0.2) is 0 Å². The van der Waals surface area contributed by atoms with Crippen LogP contribution in [-0.4, -0.2) is 7.05 Å². The first-order valence-electron chi connectivity index (χ1n) is 5.52. The van der Waals surface area contributed by atoms with Crippen molar-refractivity contribution in [3.05, 3.63) is 34.9 Å². The first-order valence-corrected chi connectivity index (χ1v) is 5.52. The van der Waals surface area contributed by atoms with Crippen molar-refractivity contribution in [3.8, 4) is 0 Å². The van der Waals surface area contributed by atoms with Gasteiger partial charge in [-0.2, -0.15) is 0 Å². The van der Waals surface area contributed by atoms with Crippen molar-refractivity contribution in [1.29, 1.82) is 0 Å². The van der Waals surface area contributed by atoms with Crippen LogP contribution in [0.4, 0.5) is 0 Å². The van der Waals surface area contributed by atoms with E-state index in [0.717, 1.165) is 0 Å². The summed E-state index contributed by atoms with van der Waals surface area (Å²) >= 11 is 0. The summed E-state index contributed by atoms with van der Waals surface area (Å²) in [4.78, 5) is 0. The Hall–Kier alpha value is -0.820. The lowest BCUT2D eigenvalue weighted by molar-refractivity contribution is 0.590. The zero-order valence-corrected chi connectivity index (χ0v) is 9.30. The van der Waals surface area contributed by atoms with Crippen molar-refractivity contribution in [2.45, 2.75) is 38.6 Å². The van der Waals surface area contributed by atoms with Gasteiger partial charge < -0.3 is 5.32 Å². The van der Waals surface area contributed by atoms with Gasteiger partial charge in [0.05, 0.1) is 0 Å². The van der Waals surface area contributed by atoms with Crippen LogP contribution in [0.1, 0.15) is 48.9 Å². The molecule has 0 aromatic heterocycles. The lowest BCUT2D eigenvalue weighted by atomic mass is 9.97. The van der Waals surface area contributed by atoms with Gasteiger partial charge >= 0.3 is 0 Å². The van der Waals surface area contributed by atoms with Crippen molar-refractivity contribution < 1.29 is 0 Å². The highest BCUT2D eigenvalue weighted by molar-refractivity contribution is 5.38. The Bertz CT molecular complexity index is 328. The summed E-state index contributed by atoms with van der Waals surface area (Å²) in [7, 11) is 2.06. The molecule has 1 nitrogen and oxygen atoms in total. The van der Waals surface area contributed by atoms with Crippen molar-refractivity contribution in [3.63, 3.8) is 0 Å². The zero-order valence-electron chi connectivity index (χ0n) is 9.30. The molecule has 1 N–H and O–H groups in total. The van der Waals surface area contributed by atoms with Gasteiger partial charge in [0.25, 0.3) is 0 Å². The van der Waals surface area contributed by atoms with Crippen molar-refractivity contribution >= 4 is 0 Å². The molecule has 2 rings (SSSR count). The average Bonchev–Trinajstić information content (AvgIpc) is 2.59. The summed E-state index contributed by atoms with van der Waals surface area (Å²) in [5.41, 5.74) is 4.53. The van der Waals surface area contributed by atoms with E-state index in [4.69, 9.17) is 0 Å². The van der Waals surface area contributed by atoms with Crippen LogP contribution in [-0.2, 0) is 6.42 Å². The molecule has 0 saturated heterocycles. The molecule has 1 aromatic carbocycles. The number of nitrogens with one attached hydrogen (secondary N) is 1. The van der Waals surface area contributed by atoms with Crippen LogP contribution in [0.25, 0.3) is 0 Å². The fourth-order valence-corrected chi connectivity index (χ4v) is 2.28. The minimum Gasteiger partial charge on any atom is -0.313 e. The zero-order chi connectivity index (χ0) is 10.1. The summed E-state index contributed by atoms with van der Waals surface area (Å²) in [5, 5.41) is 3.39. The molecule has 76 valence electrons. The molecule has 1 aliphatic carbocycles. The van der Waals surface area contributed by atoms with E-state index in [9.17, 15) is 0 Å². The Labute approximate surface area is 86.5 Å². The SMILES string of the molecule is CNC1CCc2ccc(C(C)C)cc21. The Kier molecular flexibility index (Phi) is 2.60. The summed E-state index contributed by atoms with van der Waals surface area (Å²) in [6.45, 7) is 4.51. The quantitative estimate of drug-likeness (QED) is 0.754. The number of rotatable bonds is 2. The number of hydrogen-bond acceptors (Lipinski definition) is 1. The third kappa shape index (κ3) is 1.57. The van der Waals surface area contributed by atoms with Crippen molar-refractivity contribution in [1.82, 2.24) is 5.32 Å². The van der Waals surface area contributed by atoms with Gasteiger partial charge in [-0.3, -0.25) is 0 Å². The Morgan fingerprint density at radius 1 is 1.36 bits per heavy atom. The van der Waals surface area contributed by atoms with E-state index in [2.05, 4.69) is 44.4 Å². The molecule has 0 spiro atoms. The molecule has 14 heavy (non-hydrogen) atoms. The van der Waals surface area contributed by atoms with Crippen LogP contribution >= 0.6 is 0 Å². The number of benzene rings is 1. The second kappa shape index (κ2) is 3.74. The molecule has 0 heterocycles. The molecular formula is C13H19N. The van der Waals surface area contributed by atoms with Gasteiger partial charge in [0, 0.05) is 6.04 Å². The molecule has 1 atom stereocenters. The van der Waals surface area contributed by atoms with E-state index in [-0.39, 0.29) is 0 Å². The third-order valence-corrected chi connectivity index (χ3v) is 3.26.